The van der Waals surface area contributed by atoms with E-state index >= 15 is 0 Å². The Morgan fingerprint density at radius 2 is 2.08 bits per heavy atom. The van der Waals surface area contributed by atoms with Crippen molar-refractivity contribution in [1.82, 2.24) is 0 Å². The van der Waals surface area contributed by atoms with Crippen molar-refractivity contribution in [1.29, 1.82) is 5.26 Å². The number of amides is 1. The molecule has 0 spiro atoms. The molecule has 1 aliphatic heterocycles. The third kappa shape index (κ3) is 3.24. The zero-order chi connectivity index (χ0) is 17.9. The third-order valence-electron chi connectivity index (χ3n) is 3.46. The Morgan fingerprint density at radius 1 is 1.46 bits per heavy atom. The third-order valence-corrected chi connectivity index (χ3v) is 3.77. The lowest BCUT2D eigenvalue weighted by atomic mass is 10.0. The second-order valence-corrected chi connectivity index (χ2v) is 5.26. The van der Waals surface area contributed by atoms with Gasteiger partial charge in [-0.2, -0.15) is 5.26 Å². The van der Waals surface area contributed by atoms with Crippen molar-refractivity contribution in [3.05, 3.63) is 38.4 Å². The Kier molecular flexibility index (Phi) is 5.23. The van der Waals surface area contributed by atoms with Crippen LogP contribution in [-0.2, 0) is 9.53 Å². The fraction of sp³-hybridized carbons (Fsp3) is 0.286. The van der Waals surface area contributed by atoms with E-state index in [4.69, 9.17) is 27.3 Å². The van der Waals surface area contributed by atoms with Gasteiger partial charge < -0.3 is 20.5 Å². The summed E-state index contributed by atoms with van der Waals surface area (Å²) in [4.78, 5) is 23.7. The minimum absolute atomic E-state index is 0.0933. The van der Waals surface area contributed by atoms with E-state index in [0.717, 1.165) is 0 Å². The van der Waals surface area contributed by atoms with E-state index in [0.29, 0.717) is 26.3 Å². The van der Waals surface area contributed by atoms with Crippen LogP contribution in [0.5, 0.6) is 0 Å². The highest BCUT2D eigenvalue weighted by Crippen LogP contribution is 2.41. The van der Waals surface area contributed by atoms with Crippen LogP contribution in [0.25, 0.3) is 5.76 Å². The van der Waals surface area contributed by atoms with Crippen LogP contribution in [0.4, 0.5) is 11.4 Å². The molecule has 1 aromatic carbocycles. The average molecular weight is 353 g/mol. The number of nitro groups is 1. The zero-order valence-corrected chi connectivity index (χ0v) is 13.1. The summed E-state index contributed by atoms with van der Waals surface area (Å²) >= 11 is 6.12. The maximum atomic E-state index is 11.6. The van der Waals surface area contributed by atoms with E-state index in [-0.39, 0.29) is 16.3 Å². The first-order chi connectivity index (χ1) is 11.4. The molecular formula is C14H13ClN4O5. The number of carbonyl (C=O) groups excluding carboxylic acids is 1. The van der Waals surface area contributed by atoms with E-state index < -0.39 is 27.9 Å². The van der Waals surface area contributed by atoms with Crippen molar-refractivity contribution in [2.75, 3.05) is 31.2 Å². The van der Waals surface area contributed by atoms with Gasteiger partial charge in [0.1, 0.15) is 11.8 Å². The number of halogens is 1. The number of ether oxygens (including phenoxy) is 1. The molecule has 2 rings (SSSR count). The number of primary amides is 1. The Hall–Kier alpha value is -2.83. The summed E-state index contributed by atoms with van der Waals surface area (Å²) in [6.07, 6.45) is 0. The Bertz CT molecular complexity index is 765. The van der Waals surface area contributed by atoms with Crippen LogP contribution in [0, 0.1) is 21.4 Å². The number of anilines is 1. The summed E-state index contributed by atoms with van der Waals surface area (Å²) in [5, 5.41) is 30.8. The first-order valence-electron chi connectivity index (χ1n) is 6.81. The summed E-state index contributed by atoms with van der Waals surface area (Å²) in [7, 11) is 0. The van der Waals surface area contributed by atoms with Crippen molar-refractivity contribution in [2.45, 2.75) is 0 Å². The zero-order valence-electron chi connectivity index (χ0n) is 12.4. The standard InChI is InChI=1S/C14H13ClN4O5/c15-10-2-1-8(13(20)9(7-16)14(17)21)11(19(22)23)12(10)18-3-5-24-6-4-18/h1-2,20H,3-6H2,(H2,17,21). The fourth-order valence-electron chi connectivity index (χ4n) is 2.38. The molecule has 1 aliphatic rings. The number of carbonyl (C=O) groups is 1. The Labute approximate surface area is 141 Å². The van der Waals surface area contributed by atoms with Gasteiger partial charge >= 0.3 is 5.69 Å². The van der Waals surface area contributed by atoms with E-state index in [2.05, 4.69) is 0 Å². The molecule has 0 radical (unpaired) electrons. The van der Waals surface area contributed by atoms with Gasteiger partial charge in [0.05, 0.1) is 28.7 Å². The first-order valence-corrected chi connectivity index (χ1v) is 7.19. The highest BCUT2D eigenvalue weighted by molar-refractivity contribution is 6.34. The Morgan fingerprint density at radius 3 is 2.58 bits per heavy atom. The lowest BCUT2D eigenvalue weighted by Gasteiger charge is -2.29. The van der Waals surface area contributed by atoms with E-state index in [1.54, 1.807) is 4.90 Å². The lowest BCUT2D eigenvalue weighted by Crippen LogP contribution is -2.36. The number of benzene rings is 1. The van der Waals surface area contributed by atoms with Crippen LogP contribution >= 0.6 is 11.6 Å². The number of nitriles is 1. The maximum absolute atomic E-state index is 11.6. The number of hydrogen-bond acceptors (Lipinski definition) is 7. The molecule has 0 bridgehead atoms. The molecule has 3 N–H and O–H groups in total. The number of nitrogens with zero attached hydrogens (tertiary/aromatic N) is 3. The molecular weight excluding hydrogens is 340 g/mol. The quantitative estimate of drug-likeness (QED) is 0.274. The van der Waals surface area contributed by atoms with Crippen molar-refractivity contribution < 1.29 is 19.6 Å². The minimum atomic E-state index is -1.19. The van der Waals surface area contributed by atoms with E-state index in [9.17, 15) is 20.0 Å². The monoisotopic (exact) mass is 352 g/mol. The van der Waals surface area contributed by atoms with Gasteiger partial charge in [-0.05, 0) is 12.1 Å². The molecule has 126 valence electrons. The van der Waals surface area contributed by atoms with Gasteiger partial charge in [-0.3, -0.25) is 14.9 Å². The van der Waals surface area contributed by atoms with Crippen LogP contribution in [0.3, 0.4) is 0 Å². The number of aliphatic hydroxyl groups is 1. The van der Waals surface area contributed by atoms with Gasteiger partial charge in [-0.25, -0.2) is 0 Å². The molecule has 24 heavy (non-hydrogen) atoms. The molecule has 1 saturated heterocycles. The number of morpholine rings is 1. The SMILES string of the molecule is N#CC(C(N)=O)=C(O)c1ccc(Cl)c(N2CCOCC2)c1[N+](=O)[O-]. The largest absolute Gasteiger partial charge is 0.505 e. The van der Waals surface area contributed by atoms with Crippen molar-refractivity contribution >= 4 is 34.6 Å². The van der Waals surface area contributed by atoms with Crippen molar-refractivity contribution in [3.8, 4) is 6.07 Å². The summed E-state index contributed by atoms with van der Waals surface area (Å²) in [6.45, 7) is 1.47. The van der Waals surface area contributed by atoms with Crippen LogP contribution < -0.4 is 10.6 Å². The van der Waals surface area contributed by atoms with Gasteiger partial charge in [0.2, 0.25) is 0 Å². The second-order valence-electron chi connectivity index (χ2n) is 4.85. The predicted molar refractivity (Wildman–Crippen MR) is 85.5 cm³/mol. The molecule has 0 aromatic heterocycles. The van der Waals surface area contributed by atoms with Crippen LogP contribution in [0.1, 0.15) is 5.56 Å². The molecule has 1 aromatic rings. The molecule has 0 unspecified atom stereocenters. The highest BCUT2D eigenvalue weighted by Gasteiger charge is 2.31. The first kappa shape index (κ1) is 17.5. The molecule has 0 aliphatic carbocycles. The van der Waals surface area contributed by atoms with Crippen molar-refractivity contribution in [2.24, 2.45) is 5.73 Å². The average Bonchev–Trinajstić information content (AvgIpc) is 2.55. The molecule has 1 fully saturated rings. The Balaban J connectivity index is 2.73. The van der Waals surface area contributed by atoms with E-state index in [1.165, 1.54) is 18.2 Å². The molecule has 9 nitrogen and oxygen atoms in total. The van der Waals surface area contributed by atoms with Gasteiger partial charge in [0, 0.05) is 13.1 Å². The summed E-state index contributed by atoms with van der Waals surface area (Å²) in [6, 6.07) is 3.96. The fourth-order valence-corrected chi connectivity index (χ4v) is 2.65. The predicted octanol–water partition coefficient (Wildman–Crippen LogP) is 1.36. The normalized spacial score (nSPS) is 15.4. The van der Waals surface area contributed by atoms with E-state index in [1.807, 2.05) is 0 Å². The molecule has 0 saturated carbocycles. The second kappa shape index (κ2) is 7.16. The summed E-state index contributed by atoms with van der Waals surface area (Å²) in [5.74, 6) is -2.05. The number of nitro benzene ring substituents is 1. The topological polar surface area (TPSA) is 143 Å². The number of aliphatic hydroxyl groups excluding tert-OH is 1. The number of rotatable bonds is 4. The molecule has 0 atom stereocenters. The molecule has 1 heterocycles. The smallest absolute Gasteiger partial charge is 0.305 e. The molecule has 10 heteroatoms. The van der Waals surface area contributed by atoms with Gasteiger partial charge in [0.15, 0.2) is 11.3 Å². The minimum Gasteiger partial charge on any atom is -0.505 e. The lowest BCUT2D eigenvalue weighted by molar-refractivity contribution is -0.384. The van der Waals surface area contributed by atoms with Gasteiger partial charge in [-0.1, -0.05) is 11.6 Å². The van der Waals surface area contributed by atoms with Gasteiger partial charge in [-0.15, -0.1) is 0 Å². The van der Waals surface area contributed by atoms with Crippen molar-refractivity contribution in [3.63, 3.8) is 0 Å². The summed E-state index contributed by atoms with van der Waals surface area (Å²) < 4.78 is 5.21. The maximum Gasteiger partial charge on any atom is 0.305 e. The van der Waals surface area contributed by atoms with Crippen LogP contribution in [-0.4, -0.2) is 42.2 Å². The highest BCUT2D eigenvalue weighted by atomic mass is 35.5. The number of nitrogens with two attached hydrogens (primary N) is 1. The molecule has 1 amide bonds. The van der Waals surface area contributed by atoms with Gasteiger partial charge in [0.25, 0.3) is 5.91 Å². The van der Waals surface area contributed by atoms with Crippen LogP contribution in [0.15, 0.2) is 17.7 Å². The number of hydrogen-bond donors (Lipinski definition) is 2. The summed E-state index contributed by atoms with van der Waals surface area (Å²) in [5.41, 5.74) is 3.54. The van der Waals surface area contributed by atoms with Crippen LogP contribution in [0.2, 0.25) is 5.02 Å².